The predicted molar refractivity (Wildman–Crippen MR) is 43.6 cm³/mol. The average Bonchev–Trinajstić information content (AvgIpc) is 2.02. The Hall–Kier alpha value is -1.37. The molecule has 0 rings (SSSR count). The molecule has 0 fully saturated rings. The maximum Gasteiger partial charge on any atom is 0.412 e. The zero-order valence-electron chi connectivity index (χ0n) is 6.94. The fraction of sp³-hybridized carbons (Fsp3) is 0.333. The lowest BCUT2D eigenvalue weighted by atomic mass is 10.5. The Kier molecular flexibility index (Phi) is 4.12. The van der Waals surface area contributed by atoms with Crippen molar-refractivity contribution in [2.75, 3.05) is 0 Å². The maximum atomic E-state index is 10.7. The molecule has 0 heterocycles. The largest absolute Gasteiger partial charge is 0.412 e. The van der Waals surface area contributed by atoms with E-state index in [1.807, 2.05) is 0 Å². The molecule has 0 unspecified atom stereocenters. The van der Waals surface area contributed by atoms with Gasteiger partial charge < -0.3 is 4.18 Å². The van der Waals surface area contributed by atoms with Crippen LogP contribution in [0.1, 0.15) is 13.3 Å². The van der Waals surface area contributed by atoms with Gasteiger partial charge in [0.15, 0.2) is 0 Å². The van der Waals surface area contributed by atoms with Gasteiger partial charge in [-0.05, 0) is 6.08 Å². The molecule has 0 spiro atoms. The minimum Gasteiger partial charge on any atom is -0.330 e. The molecule has 0 saturated heterocycles. The van der Waals surface area contributed by atoms with Crippen LogP contribution in [0.3, 0.4) is 0 Å². The van der Waals surface area contributed by atoms with Crippen LogP contribution in [0.15, 0.2) is 12.7 Å². The first-order valence-electron chi connectivity index (χ1n) is 3.32. The van der Waals surface area contributed by atoms with Gasteiger partial charge in [0.05, 0.1) is 0 Å². The minimum absolute atomic E-state index is 0.0941. The molecule has 0 aromatic rings. The zero-order chi connectivity index (χ0) is 10.5. The SMILES string of the molecule is C=CC(=O)NS(=O)(=O)OC(=O)CC. The molecule has 74 valence electrons. The smallest absolute Gasteiger partial charge is 0.330 e. The van der Waals surface area contributed by atoms with Crippen molar-refractivity contribution in [1.82, 2.24) is 4.72 Å². The van der Waals surface area contributed by atoms with Gasteiger partial charge >= 0.3 is 16.3 Å². The van der Waals surface area contributed by atoms with Crippen molar-refractivity contribution in [2.24, 2.45) is 0 Å². The van der Waals surface area contributed by atoms with E-state index in [1.54, 1.807) is 0 Å². The molecule has 1 amide bonds. The van der Waals surface area contributed by atoms with Gasteiger partial charge in [0.2, 0.25) is 0 Å². The highest BCUT2D eigenvalue weighted by Crippen LogP contribution is 1.92. The normalized spacial score (nSPS) is 10.2. The molecule has 0 aromatic heterocycles. The van der Waals surface area contributed by atoms with E-state index in [4.69, 9.17) is 0 Å². The Morgan fingerprint density at radius 2 is 2.08 bits per heavy atom. The van der Waals surface area contributed by atoms with Crippen LogP contribution < -0.4 is 4.72 Å². The topological polar surface area (TPSA) is 89.5 Å². The van der Waals surface area contributed by atoms with Crippen molar-refractivity contribution >= 4 is 22.2 Å². The summed E-state index contributed by atoms with van der Waals surface area (Å²) in [6, 6.07) is 0. The lowest BCUT2D eigenvalue weighted by Gasteiger charge is -2.03. The molecule has 0 radical (unpaired) electrons. The van der Waals surface area contributed by atoms with Gasteiger partial charge in [-0.15, -0.1) is 0 Å². The second kappa shape index (κ2) is 4.61. The minimum atomic E-state index is -4.32. The third-order valence-corrected chi connectivity index (χ3v) is 1.76. The summed E-state index contributed by atoms with van der Waals surface area (Å²) in [5, 5.41) is 0. The summed E-state index contributed by atoms with van der Waals surface area (Å²) in [5.74, 6) is -1.90. The van der Waals surface area contributed by atoms with E-state index in [-0.39, 0.29) is 6.42 Å². The summed E-state index contributed by atoms with van der Waals surface area (Å²) in [6.07, 6.45) is 0.653. The van der Waals surface area contributed by atoms with Crippen LogP contribution in [0, 0.1) is 0 Å². The molecular formula is C6H9NO5S. The number of carbonyl (C=O) groups excluding carboxylic acids is 2. The van der Waals surface area contributed by atoms with E-state index in [1.165, 1.54) is 11.6 Å². The van der Waals surface area contributed by atoms with Crippen LogP contribution in [0.2, 0.25) is 0 Å². The summed E-state index contributed by atoms with van der Waals surface area (Å²) in [7, 11) is -4.32. The quantitative estimate of drug-likeness (QED) is 0.627. The first-order valence-corrected chi connectivity index (χ1v) is 4.73. The number of rotatable bonds is 4. The Morgan fingerprint density at radius 3 is 2.46 bits per heavy atom. The third kappa shape index (κ3) is 4.96. The van der Waals surface area contributed by atoms with Crippen molar-refractivity contribution in [3.8, 4) is 0 Å². The number of nitrogens with one attached hydrogen (secondary N) is 1. The Balaban J connectivity index is 4.34. The molecule has 0 atom stereocenters. The number of hydrogen-bond acceptors (Lipinski definition) is 5. The third-order valence-electron chi connectivity index (χ3n) is 0.902. The molecule has 6 nitrogen and oxygen atoms in total. The van der Waals surface area contributed by atoms with E-state index in [2.05, 4.69) is 10.8 Å². The van der Waals surface area contributed by atoms with Gasteiger partial charge in [0.25, 0.3) is 5.91 Å². The van der Waals surface area contributed by atoms with Gasteiger partial charge in [-0.1, -0.05) is 13.5 Å². The van der Waals surface area contributed by atoms with Crippen LogP contribution in [0.25, 0.3) is 0 Å². The van der Waals surface area contributed by atoms with Crippen LogP contribution >= 0.6 is 0 Å². The molecular weight excluding hydrogens is 198 g/mol. The Bertz CT molecular complexity index is 318. The molecule has 7 heteroatoms. The van der Waals surface area contributed by atoms with Crippen molar-refractivity contribution < 1.29 is 22.2 Å². The summed E-state index contributed by atoms with van der Waals surface area (Å²) >= 11 is 0. The van der Waals surface area contributed by atoms with Crippen molar-refractivity contribution in [3.05, 3.63) is 12.7 Å². The van der Waals surface area contributed by atoms with Gasteiger partial charge in [0.1, 0.15) is 0 Å². The number of amides is 1. The van der Waals surface area contributed by atoms with Crippen LogP contribution in [-0.2, 0) is 24.1 Å². The predicted octanol–water partition coefficient (Wildman–Crippen LogP) is -0.513. The van der Waals surface area contributed by atoms with E-state index >= 15 is 0 Å². The second-order valence-electron chi connectivity index (χ2n) is 1.93. The molecule has 0 aliphatic heterocycles. The lowest BCUT2D eigenvalue weighted by molar-refractivity contribution is -0.133. The standard InChI is InChI=1S/C6H9NO5S/c1-3-5(8)7-13(10,11)12-6(9)4-2/h3H,1,4H2,2H3,(H,7,8). The summed E-state index contributed by atoms with van der Waals surface area (Å²) in [4.78, 5) is 21.0. The Labute approximate surface area is 75.8 Å². The van der Waals surface area contributed by atoms with Gasteiger partial charge in [0, 0.05) is 6.42 Å². The van der Waals surface area contributed by atoms with Crippen LogP contribution in [0.5, 0.6) is 0 Å². The molecule has 13 heavy (non-hydrogen) atoms. The summed E-state index contributed by atoms with van der Waals surface area (Å²) in [5.41, 5.74) is 0. The van der Waals surface area contributed by atoms with Gasteiger partial charge in [-0.3, -0.25) is 9.59 Å². The maximum absolute atomic E-state index is 10.7. The highest BCUT2D eigenvalue weighted by atomic mass is 32.2. The summed E-state index contributed by atoms with van der Waals surface area (Å²) < 4.78 is 26.8. The molecule has 0 aliphatic rings. The second-order valence-corrected chi connectivity index (χ2v) is 3.21. The molecule has 0 aromatic carbocycles. The molecule has 1 N–H and O–H groups in total. The van der Waals surface area contributed by atoms with Crippen LogP contribution in [0.4, 0.5) is 0 Å². The van der Waals surface area contributed by atoms with Crippen molar-refractivity contribution in [2.45, 2.75) is 13.3 Å². The summed E-state index contributed by atoms with van der Waals surface area (Å²) in [6.45, 7) is 4.45. The van der Waals surface area contributed by atoms with E-state index < -0.39 is 22.2 Å². The lowest BCUT2D eigenvalue weighted by Crippen LogP contribution is -2.32. The molecule has 0 aliphatic carbocycles. The van der Waals surface area contributed by atoms with Crippen molar-refractivity contribution in [3.63, 3.8) is 0 Å². The van der Waals surface area contributed by atoms with E-state index in [0.29, 0.717) is 0 Å². The fourth-order valence-corrected chi connectivity index (χ4v) is 1.10. The van der Waals surface area contributed by atoms with Crippen molar-refractivity contribution in [1.29, 1.82) is 0 Å². The zero-order valence-corrected chi connectivity index (χ0v) is 7.76. The average molecular weight is 207 g/mol. The highest BCUT2D eigenvalue weighted by Gasteiger charge is 2.16. The fourth-order valence-electron chi connectivity index (χ4n) is 0.367. The molecule has 0 bridgehead atoms. The first kappa shape index (κ1) is 11.6. The Morgan fingerprint density at radius 1 is 1.54 bits per heavy atom. The van der Waals surface area contributed by atoms with Gasteiger partial charge in [-0.2, -0.15) is 8.42 Å². The van der Waals surface area contributed by atoms with Crippen LogP contribution in [-0.4, -0.2) is 20.3 Å². The number of carbonyl (C=O) groups is 2. The monoisotopic (exact) mass is 207 g/mol. The molecule has 0 saturated carbocycles. The van der Waals surface area contributed by atoms with Gasteiger partial charge in [-0.25, -0.2) is 4.72 Å². The number of hydrogen-bond donors (Lipinski definition) is 1. The highest BCUT2D eigenvalue weighted by molar-refractivity contribution is 7.85. The van der Waals surface area contributed by atoms with E-state index in [9.17, 15) is 18.0 Å². The van der Waals surface area contributed by atoms with E-state index in [0.717, 1.165) is 6.08 Å². The first-order chi connectivity index (χ1) is 5.91.